The van der Waals surface area contributed by atoms with E-state index in [0.717, 1.165) is 5.56 Å². The first-order valence-corrected chi connectivity index (χ1v) is 7.54. The molecule has 0 spiro atoms. The van der Waals surface area contributed by atoms with Gasteiger partial charge in [-0.25, -0.2) is 13.1 Å². The van der Waals surface area contributed by atoms with Crippen LogP contribution in [0.25, 0.3) is 0 Å². The summed E-state index contributed by atoms with van der Waals surface area (Å²) in [4.78, 5) is 0.145. The maximum Gasteiger partial charge on any atom is 0.244 e. The van der Waals surface area contributed by atoms with E-state index in [2.05, 4.69) is 14.9 Å². The van der Waals surface area contributed by atoms with Crippen molar-refractivity contribution in [1.29, 1.82) is 0 Å². The normalized spacial score (nSPS) is 13.4. The van der Waals surface area contributed by atoms with Gasteiger partial charge in [0.2, 0.25) is 10.0 Å². The minimum atomic E-state index is -3.61. The summed E-state index contributed by atoms with van der Waals surface area (Å²) in [6.07, 6.45) is 1.29. The van der Waals surface area contributed by atoms with Gasteiger partial charge in [0.05, 0.1) is 11.9 Å². The molecule has 102 valence electrons. The average Bonchev–Trinajstić information content (AvgIpc) is 2.76. The molecule has 2 aromatic rings. The number of aromatic amines is 1. The molecular formula is C12H14ClN3O2S. The van der Waals surface area contributed by atoms with Crippen molar-refractivity contribution in [1.82, 2.24) is 14.9 Å². The summed E-state index contributed by atoms with van der Waals surface area (Å²) in [6.45, 7) is 3.40. The van der Waals surface area contributed by atoms with E-state index in [1.165, 1.54) is 6.20 Å². The largest absolute Gasteiger partial charge is 0.281 e. The number of sulfonamides is 1. The van der Waals surface area contributed by atoms with E-state index in [1.807, 2.05) is 6.07 Å². The highest BCUT2D eigenvalue weighted by Crippen LogP contribution is 2.24. The minimum Gasteiger partial charge on any atom is -0.281 e. The summed E-state index contributed by atoms with van der Waals surface area (Å²) in [7, 11) is -3.61. The van der Waals surface area contributed by atoms with Crippen LogP contribution in [0.1, 0.15) is 24.2 Å². The molecule has 5 nitrogen and oxygen atoms in total. The van der Waals surface area contributed by atoms with Crippen LogP contribution in [0.3, 0.4) is 0 Å². The molecular weight excluding hydrogens is 286 g/mol. The number of benzene rings is 1. The Labute approximate surface area is 117 Å². The smallest absolute Gasteiger partial charge is 0.244 e. The second-order valence-corrected chi connectivity index (χ2v) is 6.31. The fourth-order valence-electron chi connectivity index (χ4n) is 1.80. The van der Waals surface area contributed by atoms with E-state index in [1.54, 1.807) is 32.0 Å². The molecule has 0 amide bonds. The van der Waals surface area contributed by atoms with Crippen molar-refractivity contribution in [3.8, 4) is 0 Å². The molecule has 2 N–H and O–H groups in total. The van der Waals surface area contributed by atoms with E-state index >= 15 is 0 Å². The average molecular weight is 300 g/mol. The lowest BCUT2D eigenvalue weighted by Gasteiger charge is -2.15. The van der Waals surface area contributed by atoms with Gasteiger partial charge in [0, 0.05) is 11.1 Å². The molecule has 0 radical (unpaired) electrons. The third-order valence-electron chi connectivity index (χ3n) is 2.78. The molecule has 0 aliphatic rings. The highest BCUT2D eigenvalue weighted by atomic mass is 35.5. The van der Waals surface area contributed by atoms with Crippen LogP contribution in [0.5, 0.6) is 0 Å². The lowest BCUT2D eigenvalue weighted by molar-refractivity contribution is 0.566. The van der Waals surface area contributed by atoms with Gasteiger partial charge in [0.25, 0.3) is 0 Å². The number of nitrogens with zero attached hydrogens (tertiary/aromatic N) is 1. The van der Waals surface area contributed by atoms with Gasteiger partial charge in [-0.05, 0) is 25.5 Å². The highest BCUT2D eigenvalue weighted by molar-refractivity contribution is 7.89. The summed E-state index contributed by atoms with van der Waals surface area (Å²) < 4.78 is 27.0. The summed E-state index contributed by atoms with van der Waals surface area (Å²) in [5.41, 5.74) is 1.23. The Bertz CT molecular complexity index is 682. The molecule has 0 aliphatic heterocycles. The number of hydrogen-bond acceptors (Lipinski definition) is 3. The second kappa shape index (κ2) is 5.32. The van der Waals surface area contributed by atoms with Gasteiger partial charge < -0.3 is 0 Å². The van der Waals surface area contributed by atoms with Crippen LogP contribution >= 0.6 is 11.6 Å². The van der Waals surface area contributed by atoms with Crippen LogP contribution in [0.2, 0.25) is 5.02 Å². The first-order chi connectivity index (χ1) is 8.92. The molecule has 1 heterocycles. The molecule has 0 saturated carbocycles. The van der Waals surface area contributed by atoms with Gasteiger partial charge >= 0.3 is 0 Å². The minimum absolute atomic E-state index is 0.145. The predicted molar refractivity (Wildman–Crippen MR) is 73.5 cm³/mol. The number of aromatic nitrogens is 2. The van der Waals surface area contributed by atoms with Crippen molar-refractivity contribution in [2.75, 3.05) is 0 Å². The molecule has 0 fully saturated rings. The van der Waals surface area contributed by atoms with E-state index in [-0.39, 0.29) is 4.90 Å². The predicted octanol–water partition coefficient (Wildman–Crippen LogP) is 2.41. The molecule has 0 aliphatic carbocycles. The van der Waals surface area contributed by atoms with Crippen molar-refractivity contribution in [3.63, 3.8) is 0 Å². The zero-order valence-electron chi connectivity index (χ0n) is 10.5. The van der Waals surface area contributed by atoms with E-state index in [4.69, 9.17) is 11.6 Å². The Kier molecular flexibility index (Phi) is 3.93. The molecule has 0 bridgehead atoms. The Hall–Kier alpha value is -1.37. The maximum atomic E-state index is 12.2. The van der Waals surface area contributed by atoms with Gasteiger partial charge in [-0.3, -0.25) is 5.10 Å². The van der Waals surface area contributed by atoms with E-state index in [9.17, 15) is 8.42 Å². The third-order valence-corrected chi connectivity index (χ3v) is 4.78. The van der Waals surface area contributed by atoms with Crippen molar-refractivity contribution in [2.45, 2.75) is 24.8 Å². The topological polar surface area (TPSA) is 74.8 Å². The lowest BCUT2D eigenvalue weighted by atomic mass is 10.1. The fraction of sp³-hybridized carbons (Fsp3) is 0.250. The van der Waals surface area contributed by atoms with Crippen molar-refractivity contribution in [2.24, 2.45) is 0 Å². The van der Waals surface area contributed by atoms with Gasteiger partial charge in [-0.1, -0.05) is 29.8 Å². The highest BCUT2D eigenvalue weighted by Gasteiger charge is 2.22. The molecule has 1 aromatic heterocycles. The van der Waals surface area contributed by atoms with Gasteiger partial charge in [-0.15, -0.1) is 0 Å². The summed E-state index contributed by atoms with van der Waals surface area (Å²) >= 11 is 6.05. The first-order valence-electron chi connectivity index (χ1n) is 5.68. The quantitative estimate of drug-likeness (QED) is 0.910. The third kappa shape index (κ3) is 2.97. The van der Waals surface area contributed by atoms with Crippen LogP contribution in [0.4, 0.5) is 0 Å². The zero-order valence-corrected chi connectivity index (χ0v) is 12.1. The van der Waals surface area contributed by atoms with Gasteiger partial charge in [0.1, 0.15) is 4.90 Å². The summed E-state index contributed by atoms with van der Waals surface area (Å²) in [5.74, 6) is 0. The number of nitrogens with one attached hydrogen (secondary N) is 2. The van der Waals surface area contributed by atoms with Crippen LogP contribution in [-0.4, -0.2) is 18.6 Å². The Morgan fingerprint density at radius 2 is 2.05 bits per heavy atom. The summed E-state index contributed by atoms with van der Waals surface area (Å²) in [5, 5.41) is 6.85. The van der Waals surface area contributed by atoms with Crippen molar-refractivity contribution < 1.29 is 8.42 Å². The Morgan fingerprint density at radius 3 is 2.63 bits per heavy atom. The number of halogens is 1. The van der Waals surface area contributed by atoms with Crippen molar-refractivity contribution >= 4 is 21.6 Å². The molecule has 19 heavy (non-hydrogen) atoms. The molecule has 1 aromatic carbocycles. The van der Waals surface area contributed by atoms with Gasteiger partial charge in [-0.2, -0.15) is 5.10 Å². The van der Waals surface area contributed by atoms with Crippen LogP contribution in [0.15, 0.2) is 35.4 Å². The van der Waals surface area contributed by atoms with Crippen LogP contribution < -0.4 is 4.72 Å². The fourth-order valence-corrected chi connectivity index (χ4v) is 3.46. The monoisotopic (exact) mass is 299 g/mol. The van der Waals surface area contributed by atoms with Crippen LogP contribution in [-0.2, 0) is 10.0 Å². The Morgan fingerprint density at radius 1 is 1.37 bits per heavy atom. The second-order valence-electron chi connectivity index (χ2n) is 4.22. The maximum absolute atomic E-state index is 12.2. The number of aryl methyl sites for hydroxylation is 1. The van der Waals surface area contributed by atoms with E-state index < -0.39 is 16.1 Å². The van der Waals surface area contributed by atoms with Crippen LogP contribution in [0, 0.1) is 6.92 Å². The Balaban J connectivity index is 2.27. The molecule has 7 heteroatoms. The van der Waals surface area contributed by atoms with Crippen molar-refractivity contribution in [3.05, 3.63) is 46.7 Å². The summed E-state index contributed by atoms with van der Waals surface area (Å²) in [6, 6.07) is 6.71. The lowest BCUT2D eigenvalue weighted by Crippen LogP contribution is -2.27. The molecule has 1 unspecified atom stereocenters. The molecule has 1 atom stereocenters. The molecule has 2 rings (SSSR count). The number of H-pyrrole nitrogens is 1. The SMILES string of the molecule is Cc1[nH]ncc1S(=O)(=O)NC(C)c1ccccc1Cl. The number of rotatable bonds is 4. The molecule has 0 saturated heterocycles. The van der Waals surface area contributed by atoms with Gasteiger partial charge in [0.15, 0.2) is 0 Å². The standard InChI is InChI=1S/C12H14ClN3O2S/c1-8(10-5-3-4-6-11(10)13)16-19(17,18)12-7-14-15-9(12)2/h3-8,16H,1-2H3,(H,14,15). The number of hydrogen-bond donors (Lipinski definition) is 2. The van der Waals surface area contributed by atoms with E-state index in [0.29, 0.717) is 10.7 Å². The zero-order chi connectivity index (χ0) is 14.0. The first kappa shape index (κ1) is 14.0.